The van der Waals surface area contributed by atoms with E-state index in [-0.39, 0.29) is 13.1 Å². The number of halogens is 3. The Hall–Kier alpha value is -1.04. The highest BCUT2D eigenvalue weighted by molar-refractivity contribution is 5.16. The van der Waals surface area contributed by atoms with Crippen LogP contribution in [0.3, 0.4) is 0 Å². The second-order valence-electron chi connectivity index (χ2n) is 4.47. The van der Waals surface area contributed by atoms with Gasteiger partial charge in [0.05, 0.1) is 17.9 Å². The van der Waals surface area contributed by atoms with Gasteiger partial charge in [0, 0.05) is 18.8 Å². The molecule has 17 heavy (non-hydrogen) atoms. The number of fused-ring (bicyclic) bond motifs is 1. The van der Waals surface area contributed by atoms with Crippen LogP contribution in [-0.2, 0) is 19.4 Å². The monoisotopic (exact) mass is 247 g/mol. The molecule has 1 aliphatic carbocycles. The lowest BCUT2D eigenvalue weighted by Crippen LogP contribution is -2.34. The molecule has 0 amide bonds. The quantitative estimate of drug-likeness (QED) is 0.886. The first-order chi connectivity index (χ1) is 8.02. The minimum atomic E-state index is -4.24. The van der Waals surface area contributed by atoms with Crippen LogP contribution in [0.2, 0.25) is 0 Å². The van der Waals surface area contributed by atoms with Crippen molar-refractivity contribution in [2.45, 2.75) is 38.4 Å². The van der Waals surface area contributed by atoms with E-state index in [9.17, 15) is 13.2 Å². The van der Waals surface area contributed by atoms with Gasteiger partial charge in [-0.3, -0.25) is 0 Å². The van der Waals surface area contributed by atoms with Gasteiger partial charge in [-0.05, 0) is 25.7 Å². The predicted octanol–water partition coefficient (Wildman–Crippen LogP) is 1.90. The molecule has 96 valence electrons. The normalized spacial score (nSPS) is 17.9. The summed E-state index contributed by atoms with van der Waals surface area (Å²) in [6, 6.07) is 0. The number of hydrogen-bond donors (Lipinski definition) is 1. The number of imidazole rings is 1. The summed E-state index contributed by atoms with van der Waals surface area (Å²) in [5, 5.41) is 0. The largest absolute Gasteiger partial charge is 0.394 e. The van der Waals surface area contributed by atoms with Crippen molar-refractivity contribution in [3.05, 3.63) is 17.7 Å². The molecule has 6 heteroatoms. The first kappa shape index (κ1) is 12.4. The summed E-state index contributed by atoms with van der Waals surface area (Å²) in [7, 11) is 0. The topological polar surface area (TPSA) is 43.8 Å². The van der Waals surface area contributed by atoms with E-state index in [0.717, 1.165) is 37.1 Å². The zero-order chi connectivity index (χ0) is 12.5. The Kier molecular flexibility index (Phi) is 3.42. The van der Waals surface area contributed by atoms with Crippen LogP contribution in [0.4, 0.5) is 13.2 Å². The fourth-order valence-corrected chi connectivity index (χ4v) is 2.24. The lowest BCUT2D eigenvalue weighted by atomic mass is 10.0. The predicted molar refractivity (Wildman–Crippen MR) is 57.5 cm³/mol. The van der Waals surface area contributed by atoms with Gasteiger partial charge in [0.1, 0.15) is 0 Å². The molecule has 0 radical (unpaired) electrons. The number of rotatable bonds is 3. The summed E-state index contributed by atoms with van der Waals surface area (Å²) >= 11 is 0. The lowest BCUT2D eigenvalue weighted by molar-refractivity contribution is -0.175. The van der Waals surface area contributed by atoms with E-state index in [2.05, 4.69) is 4.98 Å². The van der Waals surface area contributed by atoms with E-state index < -0.39 is 12.1 Å². The van der Waals surface area contributed by atoms with Crippen molar-refractivity contribution in [1.82, 2.24) is 9.55 Å². The summed E-state index contributed by atoms with van der Waals surface area (Å²) in [5.41, 5.74) is 7.11. The van der Waals surface area contributed by atoms with Gasteiger partial charge in [-0.25, -0.2) is 4.98 Å². The number of nitrogens with zero attached hydrogens (tertiary/aromatic N) is 2. The molecule has 0 fully saturated rings. The SMILES string of the molecule is NCC(Cn1cnc2c1CCCC2)C(F)(F)F. The third kappa shape index (κ3) is 2.62. The molecule has 1 heterocycles. The molecule has 1 aromatic rings. The zero-order valence-electron chi connectivity index (χ0n) is 9.50. The van der Waals surface area contributed by atoms with Gasteiger partial charge < -0.3 is 10.3 Å². The number of aromatic nitrogens is 2. The van der Waals surface area contributed by atoms with Crippen LogP contribution in [0.15, 0.2) is 6.33 Å². The second-order valence-corrected chi connectivity index (χ2v) is 4.47. The van der Waals surface area contributed by atoms with E-state index >= 15 is 0 Å². The fraction of sp³-hybridized carbons (Fsp3) is 0.727. The number of alkyl halides is 3. The number of hydrogen-bond acceptors (Lipinski definition) is 2. The van der Waals surface area contributed by atoms with Crippen molar-refractivity contribution in [1.29, 1.82) is 0 Å². The maximum atomic E-state index is 12.6. The molecule has 0 saturated carbocycles. The van der Waals surface area contributed by atoms with Gasteiger partial charge in [-0.15, -0.1) is 0 Å². The van der Waals surface area contributed by atoms with Crippen molar-refractivity contribution in [3.63, 3.8) is 0 Å². The highest BCUT2D eigenvalue weighted by atomic mass is 19.4. The molecule has 0 aromatic carbocycles. The molecule has 0 aliphatic heterocycles. The fourth-order valence-electron chi connectivity index (χ4n) is 2.24. The maximum Gasteiger partial charge on any atom is 0.394 e. The Bertz CT molecular complexity index is 384. The zero-order valence-corrected chi connectivity index (χ0v) is 9.50. The summed E-state index contributed by atoms with van der Waals surface area (Å²) in [6.07, 6.45) is 1.08. The Morgan fingerprint density at radius 3 is 2.71 bits per heavy atom. The van der Waals surface area contributed by atoms with Crippen molar-refractivity contribution < 1.29 is 13.2 Å². The van der Waals surface area contributed by atoms with Gasteiger partial charge in [-0.1, -0.05) is 0 Å². The second kappa shape index (κ2) is 4.68. The Morgan fingerprint density at radius 2 is 2.06 bits per heavy atom. The summed E-state index contributed by atoms with van der Waals surface area (Å²) < 4.78 is 39.5. The Labute approximate surface area is 97.8 Å². The molecule has 0 spiro atoms. The van der Waals surface area contributed by atoms with E-state index in [0.29, 0.717) is 0 Å². The smallest absolute Gasteiger partial charge is 0.334 e. The van der Waals surface area contributed by atoms with E-state index in [1.807, 2.05) is 0 Å². The average molecular weight is 247 g/mol. The Balaban J connectivity index is 2.15. The van der Waals surface area contributed by atoms with Crippen LogP contribution in [0.25, 0.3) is 0 Å². The van der Waals surface area contributed by atoms with Crippen molar-refractivity contribution in [2.75, 3.05) is 6.54 Å². The van der Waals surface area contributed by atoms with Crippen molar-refractivity contribution >= 4 is 0 Å². The number of nitrogens with two attached hydrogens (primary N) is 1. The molecule has 1 aromatic heterocycles. The van der Waals surface area contributed by atoms with Crippen LogP contribution in [0.5, 0.6) is 0 Å². The van der Waals surface area contributed by atoms with E-state index in [1.54, 1.807) is 4.57 Å². The van der Waals surface area contributed by atoms with E-state index in [4.69, 9.17) is 5.73 Å². The average Bonchev–Trinajstić information content (AvgIpc) is 2.67. The van der Waals surface area contributed by atoms with Crippen LogP contribution >= 0.6 is 0 Å². The highest BCUT2D eigenvalue weighted by Gasteiger charge is 2.39. The van der Waals surface area contributed by atoms with Gasteiger partial charge >= 0.3 is 6.18 Å². The lowest BCUT2D eigenvalue weighted by Gasteiger charge is -2.21. The molecular formula is C11H16F3N3. The van der Waals surface area contributed by atoms with Crippen molar-refractivity contribution in [3.8, 4) is 0 Å². The molecule has 0 bridgehead atoms. The van der Waals surface area contributed by atoms with Crippen LogP contribution in [0.1, 0.15) is 24.2 Å². The molecule has 2 rings (SSSR count). The highest BCUT2D eigenvalue weighted by Crippen LogP contribution is 2.28. The maximum absolute atomic E-state index is 12.6. The minimum absolute atomic E-state index is 0.109. The van der Waals surface area contributed by atoms with Crippen molar-refractivity contribution in [2.24, 2.45) is 11.7 Å². The summed E-state index contributed by atoms with van der Waals surface area (Å²) in [4.78, 5) is 4.18. The molecule has 2 N–H and O–H groups in total. The molecule has 1 atom stereocenters. The molecule has 1 unspecified atom stereocenters. The van der Waals surface area contributed by atoms with E-state index in [1.165, 1.54) is 6.33 Å². The Morgan fingerprint density at radius 1 is 1.35 bits per heavy atom. The first-order valence-electron chi connectivity index (χ1n) is 5.82. The van der Waals surface area contributed by atoms with Gasteiger partial charge in [0.15, 0.2) is 0 Å². The minimum Gasteiger partial charge on any atom is -0.334 e. The van der Waals surface area contributed by atoms with Crippen LogP contribution in [-0.4, -0.2) is 22.3 Å². The number of aryl methyl sites for hydroxylation is 1. The van der Waals surface area contributed by atoms with Gasteiger partial charge in [0.2, 0.25) is 0 Å². The molecule has 1 aliphatic rings. The standard InChI is InChI=1S/C11H16F3N3/c12-11(13,14)8(5-15)6-17-7-16-9-3-1-2-4-10(9)17/h7-8H,1-6,15H2. The van der Waals surface area contributed by atoms with Gasteiger partial charge in [0.25, 0.3) is 0 Å². The van der Waals surface area contributed by atoms with Crippen LogP contribution < -0.4 is 5.73 Å². The molecule has 0 saturated heterocycles. The summed E-state index contributed by atoms with van der Waals surface area (Å²) in [5.74, 6) is -1.48. The third-order valence-electron chi connectivity index (χ3n) is 3.27. The van der Waals surface area contributed by atoms with Crippen LogP contribution in [0, 0.1) is 5.92 Å². The molecular weight excluding hydrogens is 231 g/mol. The first-order valence-corrected chi connectivity index (χ1v) is 5.82. The summed E-state index contributed by atoms with van der Waals surface area (Å²) in [6.45, 7) is -0.487. The van der Waals surface area contributed by atoms with Gasteiger partial charge in [-0.2, -0.15) is 13.2 Å². The molecule has 3 nitrogen and oxygen atoms in total. The third-order valence-corrected chi connectivity index (χ3v) is 3.27.